The van der Waals surface area contributed by atoms with E-state index >= 15 is 0 Å². The molecule has 3 aromatic carbocycles. The molecule has 0 amide bonds. The zero-order valence-electron chi connectivity index (χ0n) is 30.4. The van der Waals surface area contributed by atoms with E-state index in [0.717, 1.165) is 56.1 Å². The highest BCUT2D eigenvalue weighted by Crippen LogP contribution is 2.46. The maximum Gasteiger partial charge on any atom is 0.204 e. The SMILES string of the molecule is C=Cc1ccc(-c2c(C)c(/C=C\CC)c(C3=C(/C(O)=C\O)CC(/C(O)=C(O)\C(O)=C(/C)O)=C3)c3ccccc23)cc1/C=C\C.CC.CC(C)O. The van der Waals surface area contributed by atoms with E-state index in [1.165, 1.54) is 6.92 Å². The highest BCUT2D eigenvalue weighted by Gasteiger charge is 2.29. The minimum absolute atomic E-state index is 0.0618. The Bertz CT molecular complexity index is 1900. The maximum atomic E-state index is 10.9. The second kappa shape index (κ2) is 19.0. The highest BCUT2D eigenvalue weighted by molar-refractivity contribution is 6.09. The smallest absolute Gasteiger partial charge is 0.204 e. The van der Waals surface area contributed by atoms with Crippen molar-refractivity contribution in [3.63, 3.8) is 0 Å². The fourth-order valence-electron chi connectivity index (χ4n) is 5.65. The Kier molecular flexibility index (Phi) is 15.5. The molecule has 0 heterocycles. The van der Waals surface area contributed by atoms with Gasteiger partial charge in [-0.2, -0.15) is 0 Å². The first-order chi connectivity index (χ1) is 23.8. The fourth-order valence-corrected chi connectivity index (χ4v) is 5.65. The Morgan fingerprint density at radius 3 is 2.02 bits per heavy atom. The topological polar surface area (TPSA) is 142 Å². The molecule has 4 rings (SSSR count). The Hall–Kier alpha value is -5.40. The molecule has 0 unspecified atom stereocenters. The number of benzene rings is 3. The van der Waals surface area contributed by atoms with E-state index in [2.05, 4.69) is 37.8 Å². The van der Waals surface area contributed by atoms with Crippen LogP contribution in [0.5, 0.6) is 0 Å². The van der Waals surface area contributed by atoms with Gasteiger partial charge in [0.25, 0.3) is 0 Å². The molecule has 0 saturated carbocycles. The summed E-state index contributed by atoms with van der Waals surface area (Å²) in [5.41, 5.74) is 7.81. The first-order valence-corrected chi connectivity index (χ1v) is 16.8. The van der Waals surface area contributed by atoms with Crippen molar-refractivity contribution in [3.05, 3.63) is 141 Å². The molecule has 7 nitrogen and oxygen atoms in total. The van der Waals surface area contributed by atoms with Gasteiger partial charge in [-0.3, -0.25) is 0 Å². The van der Waals surface area contributed by atoms with Crippen LogP contribution in [-0.4, -0.2) is 41.8 Å². The Morgan fingerprint density at radius 1 is 0.900 bits per heavy atom. The van der Waals surface area contributed by atoms with Crippen molar-refractivity contribution in [2.24, 2.45) is 0 Å². The lowest BCUT2D eigenvalue weighted by molar-refractivity contribution is 0.216. The monoisotopic (exact) mass is 680 g/mol. The third kappa shape index (κ3) is 9.18. The summed E-state index contributed by atoms with van der Waals surface area (Å²) in [6.07, 6.45) is 12.7. The molecule has 0 fully saturated rings. The molecule has 0 spiro atoms. The Balaban J connectivity index is 0.00000135. The molecule has 0 saturated heterocycles. The quantitative estimate of drug-likeness (QED) is 0.0880. The van der Waals surface area contributed by atoms with Crippen LogP contribution in [-0.2, 0) is 0 Å². The van der Waals surface area contributed by atoms with E-state index in [4.69, 9.17) is 5.11 Å². The lowest BCUT2D eigenvalue weighted by Gasteiger charge is -2.21. The van der Waals surface area contributed by atoms with Crippen molar-refractivity contribution in [2.45, 2.75) is 74.3 Å². The molecule has 0 aromatic heterocycles. The molecule has 0 aliphatic heterocycles. The van der Waals surface area contributed by atoms with E-state index < -0.39 is 28.8 Å². The third-order valence-electron chi connectivity index (χ3n) is 7.78. The highest BCUT2D eigenvalue weighted by atomic mass is 16.3. The average molecular weight is 681 g/mol. The third-order valence-corrected chi connectivity index (χ3v) is 7.78. The number of hydrogen-bond acceptors (Lipinski definition) is 7. The predicted octanol–water partition coefficient (Wildman–Crippen LogP) is 12.0. The van der Waals surface area contributed by atoms with Crippen LogP contribution in [0.25, 0.3) is 45.7 Å². The zero-order valence-corrected chi connectivity index (χ0v) is 30.4. The lowest BCUT2D eigenvalue weighted by Crippen LogP contribution is -2.00. The van der Waals surface area contributed by atoms with Crippen LogP contribution in [0.2, 0.25) is 0 Å². The number of allylic oxidation sites excluding steroid dienone is 7. The van der Waals surface area contributed by atoms with Crippen molar-refractivity contribution in [2.75, 3.05) is 0 Å². The molecule has 7 N–H and O–H groups in total. The molecular formula is C43H52O7. The first kappa shape index (κ1) is 40.8. The van der Waals surface area contributed by atoms with Gasteiger partial charge in [0.15, 0.2) is 17.3 Å². The average Bonchev–Trinajstić information content (AvgIpc) is 3.55. The van der Waals surface area contributed by atoms with E-state index in [-0.39, 0.29) is 18.1 Å². The largest absolute Gasteiger partial charge is 0.512 e. The van der Waals surface area contributed by atoms with Gasteiger partial charge in [-0.25, -0.2) is 0 Å². The number of aliphatic hydroxyl groups is 7. The molecule has 7 heteroatoms. The van der Waals surface area contributed by atoms with E-state index in [0.29, 0.717) is 17.4 Å². The summed E-state index contributed by atoms with van der Waals surface area (Å²) in [4.78, 5) is 0. The molecule has 0 bridgehead atoms. The van der Waals surface area contributed by atoms with Gasteiger partial charge in [-0.1, -0.05) is 94.1 Å². The molecular weight excluding hydrogens is 628 g/mol. The molecule has 0 radical (unpaired) electrons. The van der Waals surface area contributed by atoms with Crippen molar-refractivity contribution < 1.29 is 35.7 Å². The van der Waals surface area contributed by atoms with Gasteiger partial charge < -0.3 is 35.7 Å². The molecule has 3 aromatic rings. The van der Waals surface area contributed by atoms with E-state index in [1.54, 1.807) is 19.9 Å². The van der Waals surface area contributed by atoms with Gasteiger partial charge in [-0.05, 0) is 108 Å². The summed E-state index contributed by atoms with van der Waals surface area (Å²) in [7, 11) is 0. The summed E-state index contributed by atoms with van der Waals surface area (Å²) in [5, 5.41) is 71.6. The standard InChI is InChI=1S/C38H38O6.C3H8O.C2H6/c1-6-9-13-28-22(4)34(26-17-16-24(8-3)25(18-26)12-7-2)29-14-10-11-15-30(29)35(28)32-20-27(19-31(32)33(41)21-39)37(43)38(44)36(42)23(5)40;1-3(2)4;1-2/h7-18,20-21,39-44H,3,6,19H2,1-2,4-5H3;3-4H,1-2H3;1-2H3/b12-7-,13-9-,33-21+,36-23-,38-37-;;. The number of rotatable bonds is 9. The van der Waals surface area contributed by atoms with Crippen LogP contribution >= 0.6 is 0 Å². The maximum absolute atomic E-state index is 10.9. The second-order valence-corrected chi connectivity index (χ2v) is 11.7. The minimum Gasteiger partial charge on any atom is -0.512 e. The molecule has 50 heavy (non-hydrogen) atoms. The first-order valence-electron chi connectivity index (χ1n) is 16.8. The van der Waals surface area contributed by atoms with E-state index in [9.17, 15) is 30.6 Å². The van der Waals surface area contributed by atoms with Crippen LogP contribution in [0.3, 0.4) is 0 Å². The van der Waals surface area contributed by atoms with Crippen LogP contribution < -0.4 is 0 Å². The normalized spacial score (nSPS) is 14.3. The predicted molar refractivity (Wildman–Crippen MR) is 210 cm³/mol. The lowest BCUT2D eigenvalue weighted by atomic mass is 9.82. The fraction of sp³-hybridized carbons (Fsp3) is 0.256. The number of aliphatic hydroxyl groups excluding tert-OH is 7. The van der Waals surface area contributed by atoms with Crippen molar-refractivity contribution in [3.8, 4) is 11.1 Å². The number of hydrogen-bond donors (Lipinski definition) is 7. The van der Waals surface area contributed by atoms with E-state index in [1.807, 2.05) is 76.3 Å². The van der Waals surface area contributed by atoms with Gasteiger partial charge >= 0.3 is 0 Å². The molecule has 0 atom stereocenters. The van der Waals surface area contributed by atoms with Crippen LogP contribution in [0, 0.1) is 6.92 Å². The van der Waals surface area contributed by atoms with Crippen molar-refractivity contribution in [1.82, 2.24) is 0 Å². The van der Waals surface area contributed by atoms with Gasteiger partial charge in [0.2, 0.25) is 5.76 Å². The summed E-state index contributed by atoms with van der Waals surface area (Å²) in [5.74, 6) is -3.38. The Labute approximate surface area is 296 Å². The van der Waals surface area contributed by atoms with Gasteiger partial charge in [0.05, 0.1) is 0 Å². The van der Waals surface area contributed by atoms with Crippen LogP contribution in [0.1, 0.15) is 89.1 Å². The van der Waals surface area contributed by atoms with Crippen molar-refractivity contribution in [1.29, 1.82) is 0 Å². The van der Waals surface area contributed by atoms with Gasteiger partial charge in [-0.15, -0.1) is 0 Å². The van der Waals surface area contributed by atoms with Crippen LogP contribution in [0.4, 0.5) is 0 Å². The Morgan fingerprint density at radius 2 is 1.50 bits per heavy atom. The number of fused-ring (bicyclic) bond motifs is 1. The second-order valence-electron chi connectivity index (χ2n) is 11.7. The summed E-state index contributed by atoms with van der Waals surface area (Å²) < 4.78 is 0. The van der Waals surface area contributed by atoms with Crippen molar-refractivity contribution >= 4 is 34.6 Å². The van der Waals surface area contributed by atoms with Gasteiger partial charge in [0, 0.05) is 23.7 Å². The molecule has 1 aliphatic carbocycles. The summed E-state index contributed by atoms with van der Waals surface area (Å²) in [6.45, 7) is 18.6. The summed E-state index contributed by atoms with van der Waals surface area (Å²) >= 11 is 0. The molecule has 1 aliphatic rings. The summed E-state index contributed by atoms with van der Waals surface area (Å²) in [6, 6.07) is 14.2. The molecule has 266 valence electrons. The zero-order chi connectivity index (χ0) is 37.7. The van der Waals surface area contributed by atoms with Crippen LogP contribution in [0.15, 0.2) is 113 Å². The van der Waals surface area contributed by atoms with Gasteiger partial charge in [0.1, 0.15) is 12.0 Å². The minimum atomic E-state index is -0.897.